The Kier molecular flexibility index (Phi) is 6.83. The van der Waals surface area contributed by atoms with Gasteiger partial charge < -0.3 is 20.1 Å². The molecule has 3 fully saturated rings. The van der Waals surface area contributed by atoms with Crippen molar-refractivity contribution in [2.75, 3.05) is 45.3 Å². The maximum absolute atomic E-state index is 13.1. The predicted molar refractivity (Wildman–Crippen MR) is 122 cm³/mol. The Bertz CT molecular complexity index is 1090. The van der Waals surface area contributed by atoms with Crippen LogP contribution in [0.4, 0.5) is 10.5 Å². The van der Waals surface area contributed by atoms with Crippen molar-refractivity contribution in [2.45, 2.75) is 43.0 Å². The summed E-state index contributed by atoms with van der Waals surface area (Å²) in [5.41, 5.74) is -0.825. The Labute approximate surface area is 198 Å². The summed E-state index contributed by atoms with van der Waals surface area (Å²) in [5, 5.41) is 5.42. The lowest BCUT2D eigenvalue weighted by Gasteiger charge is -2.36. The number of hydrogen-bond acceptors (Lipinski definition) is 7. The number of carbonyl (C=O) groups excluding carboxylic acids is 3. The number of benzene rings is 1. The molecule has 1 saturated carbocycles. The van der Waals surface area contributed by atoms with Gasteiger partial charge in [0.15, 0.2) is 0 Å². The topological polar surface area (TPSA) is 134 Å². The first-order valence-electron chi connectivity index (χ1n) is 11.4. The first kappa shape index (κ1) is 24.4. The molecule has 0 radical (unpaired) electrons. The van der Waals surface area contributed by atoms with Gasteiger partial charge >= 0.3 is 6.03 Å². The van der Waals surface area contributed by atoms with E-state index in [0.29, 0.717) is 19.6 Å². The van der Waals surface area contributed by atoms with E-state index >= 15 is 0 Å². The Morgan fingerprint density at radius 1 is 1.26 bits per heavy atom. The first-order valence-corrected chi connectivity index (χ1v) is 12.8. The van der Waals surface area contributed by atoms with Crippen LogP contribution in [-0.2, 0) is 24.3 Å². The second-order valence-corrected chi connectivity index (χ2v) is 10.8. The maximum atomic E-state index is 13.1. The number of amides is 4. The molecule has 2 N–H and O–H groups in total. The number of nitrogens with one attached hydrogen (secondary N) is 2. The molecule has 4 rings (SSSR count). The zero-order valence-corrected chi connectivity index (χ0v) is 20.2. The fraction of sp³-hybridized carbons (Fsp3) is 0.591. The van der Waals surface area contributed by atoms with Gasteiger partial charge in [0.25, 0.3) is 5.91 Å². The predicted octanol–water partition coefficient (Wildman–Crippen LogP) is 1.16. The summed E-state index contributed by atoms with van der Waals surface area (Å²) in [6.07, 6.45) is 3.20. The van der Waals surface area contributed by atoms with E-state index in [1.54, 1.807) is 0 Å². The van der Waals surface area contributed by atoms with Crippen molar-refractivity contribution in [1.82, 2.24) is 14.5 Å². The smallest absolute Gasteiger partial charge is 0.325 e. The molecule has 3 aliphatic rings. The van der Waals surface area contributed by atoms with Gasteiger partial charge in [-0.2, -0.15) is 4.31 Å². The summed E-state index contributed by atoms with van der Waals surface area (Å²) in [4.78, 5) is 39.4. The molecule has 4 amide bonds. The van der Waals surface area contributed by atoms with Gasteiger partial charge in [0, 0.05) is 13.1 Å². The molecule has 11 nitrogen and oxygen atoms in total. The van der Waals surface area contributed by atoms with Crippen molar-refractivity contribution in [3.63, 3.8) is 0 Å². The van der Waals surface area contributed by atoms with Gasteiger partial charge in [0.2, 0.25) is 15.9 Å². The van der Waals surface area contributed by atoms with E-state index in [0.717, 1.165) is 24.2 Å². The first-order chi connectivity index (χ1) is 16.2. The quantitative estimate of drug-likeness (QED) is 0.567. The number of anilines is 1. The van der Waals surface area contributed by atoms with E-state index < -0.39 is 40.0 Å². The Balaban J connectivity index is 1.51. The van der Waals surface area contributed by atoms with Gasteiger partial charge in [-0.1, -0.05) is 19.8 Å². The number of hydrogen-bond donors (Lipinski definition) is 2. The summed E-state index contributed by atoms with van der Waals surface area (Å²) in [5.74, 6) is -0.796. The van der Waals surface area contributed by atoms with Gasteiger partial charge in [-0.3, -0.25) is 14.5 Å². The van der Waals surface area contributed by atoms with Crippen LogP contribution in [0.3, 0.4) is 0 Å². The molecule has 2 aliphatic heterocycles. The molecule has 2 heterocycles. The highest BCUT2D eigenvalue weighted by molar-refractivity contribution is 7.89. The van der Waals surface area contributed by atoms with E-state index in [-0.39, 0.29) is 35.3 Å². The maximum Gasteiger partial charge on any atom is 0.325 e. The van der Waals surface area contributed by atoms with Crippen LogP contribution < -0.4 is 15.4 Å². The molecule has 1 spiro atoms. The average Bonchev–Trinajstić information content (AvgIpc) is 3.06. The molecule has 1 aromatic carbocycles. The number of carbonyl (C=O) groups is 3. The number of rotatable bonds is 6. The third-order valence-electron chi connectivity index (χ3n) is 6.86. The highest BCUT2D eigenvalue weighted by Gasteiger charge is 2.55. The van der Waals surface area contributed by atoms with Crippen LogP contribution in [0.2, 0.25) is 0 Å². The van der Waals surface area contributed by atoms with Gasteiger partial charge in [-0.05, 0) is 37.0 Å². The number of ether oxygens (including phenoxy) is 2. The van der Waals surface area contributed by atoms with Crippen LogP contribution in [0.5, 0.6) is 5.75 Å². The van der Waals surface area contributed by atoms with Crippen molar-refractivity contribution in [3.8, 4) is 5.75 Å². The van der Waals surface area contributed by atoms with Gasteiger partial charge in [-0.25, -0.2) is 13.2 Å². The lowest BCUT2D eigenvalue weighted by atomic mass is 9.73. The van der Waals surface area contributed by atoms with Crippen LogP contribution >= 0.6 is 0 Å². The number of nitrogens with zero attached hydrogens (tertiary/aromatic N) is 2. The molecule has 1 aliphatic carbocycles. The van der Waals surface area contributed by atoms with Crippen molar-refractivity contribution in [2.24, 2.45) is 5.92 Å². The third-order valence-corrected chi connectivity index (χ3v) is 8.75. The van der Waals surface area contributed by atoms with E-state index in [4.69, 9.17) is 9.47 Å². The van der Waals surface area contributed by atoms with Crippen LogP contribution in [0, 0.1) is 5.92 Å². The minimum absolute atomic E-state index is 0.00419. The van der Waals surface area contributed by atoms with Crippen LogP contribution in [-0.4, -0.2) is 81.0 Å². The lowest BCUT2D eigenvalue weighted by molar-refractivity contribution is -0.136. The molecule has 0 unspecified atom stereocenters. The monoisotopic (exact) mass is 494 g/mol. The zero-order chi connectivity index (χ0) is 24.5. The normalized spacial score (nSPS) is 25.9. The molecule has 2 saturated heterocycles. The molecule has 34 heavy (non-hydrogen) atoms. The van der Waals surface area contributed by atoms with Gasteiger partial charge in [0.1, 0.15) is 17.8 Å². The highest BCUT2D eigenvalue weighted by Crippen LogP contribution is 2.38. The summed E-state index contributed by atoms with van der Waals surface area (Å²) in [7, 11) is -2.40. The molecule has 2 atom stereocenters. The number of methoxy groups -OCH3 is 1. The highest BCUT2D eigenvalue weighted by atomic mass is 32.2. The van der Waals surface area contributed by atoms with Crippen molar-refractivity contribution in [1.29, 1.82) is 0 Å². The lowest BCUT2D eigenvalue weighted by Crippen LogP contribution is -2.54. The standard InChI is InChI=1S/C22H30N4O7S/c1-15-5-3-4-8-22(15)20(28)26(21(29)24-22)14-19(27)23-17-13-16(6-7-18(17)32-2)34(30,31)25-9-11-33-12-10-25/h6-7,13,15H,3-5,8-12,14H2,1-2H3,(H,23,27)(H,24,29)/t15-,22-/m0/s1. The Hall–Kier alpha value is -2.70. The van der Waals surface area contributed by atoms with Crippen LogP contribution in [0.25, 0.3) is 0 Å². The zero-order valence-electron chi connectivity index (χ0n) is 19.3. The van der Waals surface area contributed by atoms with Gasteiger partial charge in [-0.15, -0.1) is 0 Å². The molecule has 12 heteroatoms. The fourth-order valence-corrected chi connectivity index (χ4v) is 6.29. The van der Waals surface area contributed by atoms with Crippen molar-refractivity contribution in [3.05, 3.63) is 18.2 Å². The summed E-state index contributed by atoms with van der Waals surface area (Å²) in [6.45, 7) is 2.55. The Morgan fingerprint density at radius 2 is 2.00 bits per heavy atom. The summed E-state index contributed by atoms with van der Waals surface area (Å²) in [6, 6.07) is 3.59. The number of imide groups is 1. The molecular weight excluding hydrogens is 464 g/mol. The number of urea groups is 1. The van der Waals surface area contributed by atoms with E-state index in [2.05, 4.69) is 10.6 Å². The van der Waals surface area contributed by atoms with Crippen molar-refractivity contribution >= 4 is 33.6 Å². The van der Waals surface area contributed by atoms with Crippen LogP contribution in [0.1, 0.15) is 32.6 Å². The second-order valence-electron chi connectivity index (χ2n) is 8.87. The fourth-order valence-electron chi connectivity index (χ4n) is 4.85. The molecular formula is C22H30N4O7S. The third kappa shape index (κ3) is 4.37. The number of morpholine rings is 1. The summed E-state index contributed by atoms with van der Waals surface area (Å²) >= 11 is 0. The average molecular weight is 495 g/mol. The largest absolute Gasteiger partial charge is 0.495 e. The molecule has 186 valence electrons. The Morgan fingerprint density at radius 3 is 2.68 bits per heavy atom. The van der Waals surface area contributed by atoms with Crippen LogP contribution in [0.15, 0.2) is 23.1 Å². The second kappa shape index (κ2) is 9.51. The van der Waals surface area contributed by atoms with Crippen molar-refractivity contribution < 1.29 is 32.3 Å². The van der Waals surface area contributed by atoms with E-state index in [9.17, 15) is 22.8 Å². The molecule has 0 bridgehead atoms. The SMILES string of the molecule is COc1ccc(S(=O)(=O)N2CCOCC2)cc1NC(=O)CN1C(=O)N[C@]2(CCCC[C@@H]2C)C1=O. The minimum atomic E-state index is -3.79. The minimum Gasteiger partial charge on any atom is -0.495 e. The van der Waals surface area contributed by atoms with Gasteiger partial charge in [0.05, 0.1) is 30.9 Å². The van der Waals surface area contributed by atoms with E-state index in [1.165, 1.54) is 29.6 Å². The molecule has 0 aromatic heterocycles. The molecule has 1 aromatic rings. The summed E-state index contributed by atoms with van der Waals surface area (Å²) < 4.78 is 37.8. The van der Waals surface area contributed by atoms with E-state index in [1.807, 2.05) is 6.92 Å². The number of sulfonamides is 1.